The van der Waals surface area contributed by atoms with Crippen LogP contribution in [-0.2, 0) is 11.3 Å². The zero-order valence-corrected chi connectivity index (χ0v) is 20.5. The summed E-state index contributed by atoms with van der Waals surface area (Å²) < 4.78 is 5.38. The van der Waals surface area contributed by atoms with Crippen LogP contribution in [0.25, 0.3) is 21.9 Å². The Morgan fingerprint density at radius 3 is 2.38 bits per heavy atom. The monoisotopic (exact) mass is 453 g/mol. The molecule has 0 aliphatic heterocycles. The van der Waals surface area contributed by atoms with Gasteiger partial charge >= 0.3 is 0 Å². The van der Waals surface area contributed by atoms with E-state index >= 15 is 0 Å². The number of benzene rings is 2. The molecule has 2 aromatic carbocycles. The Morgan fingerprint density at radius 2 is 1.71 bits per heavy atom. The lowest BCUT2D eigenvalue weighted by atomic mass is 9.91. The smallest absolute Gasteiger partial charge is 0.229 e. The third-order valence-corrected chi connectivity index (χ3v) is 5.80. The maximum Gasteiger partial charge on any atom is 0.229 e. The van der Waals surface area contributed by atoms with Gasteiger partial charge in [-0.2, -0.15) is 0 Å². The van der Waals surface area contributed by atoms with E-state index in [9.17, 15) is 4.79 Å². The van der Waals surface area contributed by atoms with Gasteiger partial charge in [-0.25, -0.2) is 4.98 Å². The van der Waals surface area contributed by atoms with Gasteiger partial charge in [-0.1, -0.05) is 51.1 Å². The number of aryl methyl sites for hydroxylation is 1. The van der Waals surface area contributed by atoms with Crippen molar-refractivity contribution < 1.29 is 9.53 Å². The highest BCUT2D eigenvalue weighted by molar-refractivity contribution is 6.01. The Balaban J connectivity index is 1.66. The fraction of sp³-hybridized carbons (Fsp3) is 0.276. The molecule has 4 aromatic rings. The Labute approximate surface area is 201 Å². The Bertz CT molecular complexity index is 1300. The van der Waals surface area contributed by atoms with E-state index in [2.05, 4.69) is 67.1 Å². The molecule has 0 fully saturated rings. The van der Waals surface area contributed by atoms with Crippen LogP contribution in [0.4, 0.5) is 5.82 Å². The quantitative estimate of drug-likeness (QED) is 0.331. The van der Waals surface area contributed by atoms with Crippen molar-refractivity contribution in [2.45, 2.75) is 40.7 Å². The van der Waals surface area contributed by atoms with E-state index in [1.807, 2.05) is 25.1 Å². The van der Waals surface area contributed by atoms with E-state index in [1.165, 1.54) is 0 Å². The van der Waals surface area contributed by atoms with Crippen LogP contribution in [0.1, 0.15) is 38.3 Å². The van der Waals surface area contributed by atoms with Gasteiger partial charge in [-0.3, -0.25) is 14.7 Å². The van der Waals surface area contributed by atoms with Gasteiger partial charge in [0.25, 0.3) is 0 Å². The molecule has 0 bridgehead atoms. The van der Waals surface area contributed by atoms with Crippen LogP contribution >= 0.6 is 0 Å². The molecule has 5 nitrogen and oxygen atoms in total. The molecule has 0 spiro atoms. The largest absolute Gasteiger partial charge is 0.496 e. The summed E-state index contributed by atoms with van der Waals surface area (Å²) in [5.41, 5.74) is 4.27. The molecule has 0 unspecified atom stereocenters. The highest BCUT2D eigenvalue weighted by Crippen LogP contribution is 2.30. The first kappa shape index (κ1) is 23.4. The van der Waals surface area contributed by atoms with Crippen LogP contribution < -0.4 is 9.64 Å². The third-order valence-electron chi connectivity index (χ3n) is 5.80. The van der Waals surface area contributed by atoms with Gasteiger partial charge in [0.2, 0.25) is 5.91 Å². The molecule has 0 radical (unpaired) electrons. The average Bonchev–Trinajstić information content (AvgIpc) is 2.81. The standard InChI is InChI=1S/C29H31N3O2/c1-20-16-23(10-11-26(20)34-5)22-8-6-21(7-9-22)19-32(27(33)17-29(2,3)4)28-25-13-14-30-18-24(25)12-15-31-28/h6-16,18H,17,19H2,1-5H3. The van der Waals surface area contributed by atoms with Crippen molar-refractivity contribution in [1.29, 1.82) is 0 Å². The summed E-state index contributed by atoms with van der Waals surface area (Å²) in [5, 5.41) is 1.89. The number of ether oxygens (including phenoxy) is 1. The number of anilines is 1. The second-order valence-corrected chi connectivity index (χ2v) is 9.83. The van der Waals surface area contributed by atoms with Crippen LogP contribution in [0.5, 0.6) is 5.75 Å². The maximum atomic E-state index is 13.5. The van der Waals surface area contributed by atoms with Crippen molar-refractivity contribution in [1.82, 2.24) is 9.97 Å². The van der Waals surface area contributed by atoms with Crippen LogP contribution in [0, 0.1) is 12.3 Å². The summed E-state index contributed by atoms with van der Waals surface area (Å²) >= 11 is 0. The zero-order chi connectivity index (χ0) is 24.3. The SMILES string of the molecule is COc1ccc(-c2ccc(CN(C(=O)CC(C)(C)C)c3nccc4cnccc34)cc2)cc1C. The molecule has 0 N–H and O–H groups in total. The van der Waals surface area contributed by atoms with Crippen LogP contribution in [0.15, 0.2) is 73.2 Å². The number of fused-ring (bicyclic) bond motifs is 1. The number of carbonyl (C=O) groups is 1. The number of nitrogens with zero attached hydrogens (tertiary/aromatic N) is 3. The summed E-state index contributed by atoms with van der Waals surface area (Å²) in [6.45, 7) is 8.73. The molecule has 2 heterocycles. The predicted molar refractivity (Wildman–Crippen MR) is 138 cm³/mol. The fourth-order valence-corrected chi connectivity index (χ4v) is 4.09. The summed E-state index contributed by atoms with van der Waals surface area (Å²) in [6, 6.07) is 18.4. The number of carbonyl (C=O) groups excluding carboxylic acids is 1. The Hall–Kier alpha value is -3.73. The highest BCUT2D eigenvalue weighted by Gasteiger charge is 2.24. The van der Waals surface area contributed by atoms with E-state index in [-0.39, 0.29) is 11.3 Å². The van der Waals surface area contributed by atoms with Crippen LogP contribution in [0.3, 0.4) is 0 Å². The minimum Gasteiger partial charge on any atom is -0.496 e. The molecule has 174 valence electrons. The molecular weight excluding hydrogens is 422 g/mol. The number of methoxy groups -OCH3 is 1. The van der Waals surface area contributed by atoms with Gasteiger partial charge in [0.05, 0.1) is 13.7 Å². The van der Waals surface area contributed by atoms with Crippen LogP contribution in [0.2, 0.25) is 0 Å². The van der Waals surface area contributed by atoms with Crippen molar-refractivity contribution in [2.75, 3.05) is 12.0 Å². The molecule has 34 heavy (non-hydrogen) atoms. The first-order chi connectivity index (χ1) is 16.2. The number of amides is 1. The first-order valence-electron chi connectivity index (χ1n) is 11.5. The third kappa shape index (κ3) is 5.25. The number of hydrogen-bond donors (Lipinski definition) is 0. The van der Waals surface area contributed by atoms with E-state index in [4.69, 9.17) is 4.74 Å². The number of pyridine rings is 2. The van der Waals surface area contributed by atoms with E-state index in [1.54, 1.807) is 30.6 Å². The minimum atomic E-state index is -0.127. The molecule has 0 saturated carbocycles. The first-order valence-corrected chi connectivity index (χ1v) is 11.5. The van der Waals surface area contributed by atoms with Crippen molar-refractivity contribution >= 4 is 22.5 Å². The van der Waals surface area contributed by atoms with Gasteiger partial charge < -0.3 is 4.74 Å². The predicted octanol–water partition coefficient (Wildman–Crippen LogP) is 6.58. The Kier molecular flexibility index (Phi) is 6.64. The molecule has 2 aromatic heterocycles. The fourth-order valence-electron chi connectivity index (χ4n) is 4.09. The van der Waals surface area contributed by atoms with Crippen LogP contribution in [-0.4, -0.2) is 23.0 Å². The van der Waals surface area contributed by atoms with Crippen molar-refractivity contribution in [3.63, 3.8) is 0 Å². The van der Waals surface area contributed by atoms with E-state index in [0.717, 1.165) is 38.8 Å². The maximum absolute atomic E-state index is 13.5. The topological polar surface area (TPSA) is 55.3 Å². The van der Waals surface area contributed by atoms with Crippen molar-refractivity contribution in [3.8, 4) is 16.9 Å². The second kappa shape index (κ2) is 9.64. The van der Waals surface area contributed by atoms with Crippen molar-refractivity contribution in [3.05, 3.63) is 84.3 Å². The van der Waals surface area contributed by atoms with Gasteiger partial charge in [0.1, 0.15) is 11.6 Å². The molecule has 0 aliphatic rings. The van der Waals surface area contributed by atoms with E-state index in [0.29, 0.717) is 18.8 Å². The molecule has 4 rings (SSSR count). The van der Waals surface area contributed by atoms with Gasteiger partial charge in [0.15, 0.2) is 0 Å². The average molecular weight is 454 g/mol. The molecule has 1 amide bonds. The number of rotatable bonds is 6. The van der Waals surface area contributed by atoms with Crippen molar-refractivity contribution in [2.24, 2.45) is 5.41 Å². The Morgan fingerprint density at radius 1 is 0.971 bits per heavy atom. The van der Waals surface area contributed by atoms with Gasteiger partial charge in [0, 0.05) is 35.8 Å². The number of hydrogen-bond acceptors (Lipinski definition) is 4. The normalized spacial score (nSPS) is 11.4. The zero-order valence-electron chi connectivity index (χ0n) is 20.5. The minimum absolute atomic E-state index is 0.0548. The molecular formula is C29H31N3O2. The summed E-state index contributed by atoms with van der Waals surface area (Å²) in [6.07, 6.45) is 5.72. The lowest BCUT2D eigenvalue weighted by Crippen LogP contribution is -2.34. The van der Waals surface area contributed by atoms with E-state index < -0.39 is 0 Å². The summed E-state index contributed by atoms with van der Waals surface area (Å²) in [5.74, 6) is 1.61. The summed E-state index contributed by atoms with van der Waals surface area (Å²) in [7, 11) is 1.69. The lowest BCUT2D eigenvalue weighted by Gasteiger charge is -2.27. The summed E-state index contributed by atoms with van der Waals surface area (Å²) in [4.78, 5) is 24.1. The molecule has 0 atom stereocenters. The van der Waals surface area contributed by atoms with Gasteiger partial charge in [-0.15, -0.1) is 0 Å². The second-order valence-electron chi connectivity index (χ2n) is 9.83. The molecule has 0 saturated heterocycles. The highest BCUT2D eigenvalue weighted by atomic mass is 16.5. The molecule has 0 aliphatic carbocycles. The van der Waals surface area contributed by atoms with Gasteiger partial charge in [-0.05, 0) is 58.9 Å². The molecule has 5 heteroatoms. The number of aromatic nitrogens is 2. The lowest BCUT2D eigenvalue weighted by molar-refractivity contribution is -0.120.